The highest BCUT2D eigenvalue weighted by atomic mass is 35.5. The Morgan fingerprint density at radius 2 is 1.26 bits per heavy atom. The Morgan fingerprint density at radius 3 is 1.83 bits per heavy atom. The molecule has 2 saturated heterocycles. The number of anilines is 2. The Balaban J connectivity index is 0.000000182. The summed E-state index contributed by atoms with van der Waals surface area (Å²) in [5.74, 6) is 1.41. The van der Waals surface area contributed by atoms with Crippen molar-refractivity contribution in [3.8, 4) is 22.5 Å². The molecule has 6 heterocycles. The summed E-state index contributed by atoms with van der Waals surface area (Å²) in [6, 6.07) is 2.54. The number of rotatable bonds is 9. The van der Waals surface area contributed by atoms with Gasteiger partial charge in [0.15, 0.2) is 0 Å². The number of aryl methyl sites for hydroxylation is 1. The molecule has 6 rings (SSSR count). The third-order valence-electron chi connectivity index (χ3n) is 7.82. The molecule has 0 bridgehead atoms. The summed E-state index contributed by atoms with van der Waals surface area (Å²) >= 11 is 12.2. The van der Waals surface area contributed by atoms with Gasteiger partial charge in [-0.3, -0.25) is 4.98 Å². The van der Waals surface area contributed by atoms with E-state index in [2.05, 4.69) is 40.5 Å². The van der Waals surface area contributed by atoms with E-state index in [4.69, 9.17) is 32.7 Å². The van der Waals surface area contributed by atoms with E-state index in [1.54, 1.807) is 18.6 Å². The molecule has 244 valence electrons. The minimum absolute atomic E-state index is 0.345. The number of pyridine rings is 2. The first-order valence-corrected chi connectivity index (χ1v) is 16.1. The van der Waals surface area contributed by atoms with Crippen LogP contribution in [0.4, 0.5) is 20.4 Å². The van der Waals surface area contributed by atoms with Crippen LogP contribution in [0.3, 0.4) is 0 Å². The van der Waals surface area contributed by atoms with Gasteiger partial charge in [0.2, 0.25) is 11.9 Å². The molecule has 0 amide bonds. The van der Waals surface area contributed by atoms with Gasteiger partial charge in [-0.1, -0.05) is 30.1 Å². The molecule has 4 aromatic rings. The molecular formula is C32H36Cl2F2N8O2. The molecule has 2 N–H and O–H groups in total. The van der Waals surface area contributed by atoms with Gasteiger partial charge in [-0.25, -0.2) is 24.9 Å². The first-order valence-electron chi connectivity index (χ1n) is 15.3. The number of nitrogens with one attached hydrogen (secondary N) is 2. The largest absolute Gasteiger partial charge is 0.381 e. The summed E-state index contributed by atoms with van der Waals surface area (Å²) in [6.07, 6.45) is 12.3. The van der Waals surface area contributed by atoms with Crippen molar-refractivity contribution in [3.63, 3.8) is 0 Å². The SMILES string of the molecule is CCc1nc(-c2cc(F)ncc2Cl)cnc1NCC1CCOCC1.Fc1cc(-c2cncc(NCC3CCOCC3)n2)c(Cl)cn1. The quantitative estimate of drug-likeness (QED) is 0.182. The lowest BCUT2D eigenvalue weighted by molar-refractivity contribution is 0.0698. The molecular weight excluding hydrogens is 637 g/mol. The molecule has 0 aromatic carbocycles. The zero-order valence-electron chi connectivity index (χ0n) is 25.5. The Labute approximate surface area is 276 Å². The third-order valence-corrected chi connectivity index (χ3v) is 8.42. The van der Waals surface area contributed by atoms with Crippen molar-refractivity contribution in [2.45, 2.75) is 39.0 Å². The van der Waals surface area contributed by atoms with E-state index in [1.807, 2.05) is 6.92 Å². The average molecular weight is 674 g/mol. The van der Waals surface area contributed by atoms with Crippen LogP contribution in [0.25, 0.3) is 22.5 Å². The predicted molar refractivity (Wildman–Crippen MR) is 174 cm³/mol. The molecule has 2 fully saturated rings. The van der Waals surface area contributed by atoms with Gasteiger partial charge in [0.25, 0.3) is 0 Å². The highest BCUT2D eigenvalue weighted by Gasteiger charge is 2.17. The van der Waals surface area contributed by atoms with Crippen LogP contribution >= 0.6 is 23.2 Å². The van der Waals surface area contributed by atoms with Crippen LogP contribution in [-0.4, -0.2) is 69.4 Å². The molecule has 46 heavy (non-hydrogen) atoms. The Hall–Kier alpha value is -3.58. The standard InChI is InChI=1S/C17H20ClFN4O.C15H16ClFN4O/c1-2-14-17(21-8-11-3-5-24-6-4-11)22-10-15(23-14)12-7-16(19)20-9-13(12)18;16-12-7-19-14(17)5-11(12)13-8-18-9-15(21-13)20-6-10-1-3-22-4-2-10/h7,9-11H,2-6,8H2,1H3,(H,21,22);5,7-10H,1-4,6H2,(H,20,21). The normalized spacial score (nSPS) is 15.6. The maximum Gasteiger partial charge on any atom is 0.213 e. The zero-order valence-corrected chi connectivity index (χ0v) is 27.0. The van der Waals surface area contributed by atoms with Gasteiger partial charge >= 0.3 is 0 Å². The molecule has 2 aliphatic rings. The highest BCUT2D eigenvalue weighted by molar-refractivity contribution is 6.33. The van der Waals surface area contributed by atoms with Crippen LogP contribution in [0.5, 0.6) is 0 Å². The van der Waals surface area contributed by atoms with E-state index in [9.17, 15) is 8.78 Å². The van der Waals surface area contributed by atoms with E-state index >= 15 is 0 Å². The van der Waals surface area contributed by atoms with Crippen LogP contribution in [0.15, 0.2) is 43.1 Å². The van der Waals surface area contributed by atoms with E-state index in [-0.39, 0.29) is 0 Å². The smallest absolute Gasteiger partial charge is 0.213 e. The number of hydrogen-bond donors (Lipinski definition) is 2. The molecule has 4 aromatic heterocycles. The summed E-state index contributed by atoms with van der Waals surface area (Å²) in [4.78, 5) is 24.7. The molecule has 14 heteroatoms. The van der Waals surface area contributed by atoms with Crippen LogP contribution in [-0.2, 0) is 15.9 Å². The fraction of sp³-hybridized carbons (Fsp3) is 0.438. The second kappa shape index (κ2) is 16.8. The molecule has 0 spiro atoms. The summed E-state index contributed by atoms with van der Waals surface area (Å²) < 4.78 is 37.4. The van der Waals surface area contributed by atoms with E-state index in [0.717, 1.165) is 83.1 Å². The first-order chi connectivity index (χ1) is 22.4. The molecule has 10 nitrogen and oxygen atoms in total. The summed E-state index contributed by atoms with van der Waals surface area (Å²) in [5, 5.41) is 7.37. The first kappa shape index (κ1) is 33.8. The second-order valence-corrected chi connectivity index (χ2v) is 11.9. The summed E-state index contributed by atoms with van der Waals surface area (Å²) in [5.41, 5.74) is 2.89. The maximum atomic E-state index is 13.4. The minimum Gasteiger partial charge on any atom is -0.381 e. The lowest BCUT2D eigenvalue weighted by Crippen LogP contribution is -2.23. The van der Waals surface area contributed by atoms with Gasteiger partial charge < -0.3 is 20.1 Å². The maximum absolute atomic E-state index is 13.4. The van der Waals surface area contributed by atoms with Crippen molar-refractivity contribution in [1.29, 1.82) is 0 Å². The molecule has 2 aliphatic heterocycles. The summed E-state index contributed by atoms with van der Waals surface area (Å²) in [6.45, 7) is 6.96. The Bertz CT molecular complexity index is 1590. The van der Waals surface area contributed by atoms with Gasteiger partial charge in [0, 0.05) is 75.2 Å². The van der Waals surface area contributed by atoms with Crippen molar-refractivity contribution < 1.29 is 18.3 Å². The third kappa shape index (κ3) is 9.47. The van der Waals surface area contributed by atoms with Crippen LogP contribution in [0, 0.1) is 23.7 Å². The average Bonchev–Trinajstić information content (AvgIpc) is 3.10. The molecule has 0 unspecified atom stereocenters. The van der Waals surface area contributed by atoms with E-state index in [1.165, 1.54) is 24.5 Å². The number of ether oxygens (including phenoxy) is 2. The second-order valence-electron chi connectivity index (χ2n) is 11.0. The molecule has 0 atom stereocenters. The van der Waals surface area contributed by atoms with Gasteiger partial charge in [-0.05, 0) is 43.9 Å². The van der Waals surface area contributed by atoms with Crippen molar-refractivity contribution in [3.05, 3.63) is 70.8 Å². The predicted octanol–water partition coefficient (Wildman–Crippen LogP) is 6.90. The highest BCUT2D eigenvalue weighted by Crippen LogP contribution is 2.28. The molecule has 0 radical (unpaired) electrons. The van der Waals surface area contributed by atoms with Crippen LogP contribution < -0.4 is 10.6 Å². The van der Waals surface area contributed by atoms with Crippen LogP contribution in [0.2, 0.25) is 10.0 Å². The van der Waals surface area contributed by atoms with Crippen molar-refractivity contribution in [2.75, 3.05) is 50.2 Å². The molecule has 0 saturated carbocycles. The molecule has 0 aliphatic carbocycles. The Kier molecular flexibility index (Phi) is 12.4. The minimum atomic E-state index is -0.596. The topological polar surface area (TPSA) is 120 Å². The lowest BCUT2D eigenvalue weighted by Gasteiger charge is -2.22. The number of halogens is 4. The van der Waals surface area contributed by atoms with Crippen molar-refractivity contribution in [1.82, 2.24) is 29.9 Å². The van der Waals surface area contributed by atoms with E-state index < -0.39 is 11.9 Å². The van der Waals surface area contributed by atoms with Crippen molar-refractivity contribution >= 4 is 34.8 Å². The zero-order chi connectivity index (χ0) is 32.3. The fourth-order valence-corrected chi connectivity index (χ4v) is 5.54. The lowest BCUT2D eigenvalue weighted by atomic mass is 10.0. The number of hydrogen-bond acceptors (Lipinski definition) is 10. The number of aromatic nitrogens is 6. The van der Waals surface area contributed by atoms with Gasteiger partial charge in [-0.15, -0.1) is 0 Å². The van der Waals surface area contributed by atoms with Crippen molar-refractivity contribution in [2.24, 2.45) is 11.8 Å². The van der Waals surface area contributed by atoms with Gasteiger partial charge in [-0.2, -0.15) is 8.78 Å². The van der Waals surface area contributed by atoms with Crippen LogP contribution in [0.1, 0.15) is 38.3 Å². The Morgan fingerprint density at radius 1 is 0.717 bits per heavy atom. The van der Waals surface area contributed by atoms with Gasteiger partial charge in [0.1, 0.15) is 11.6 Å². The number of nitrogens with zero attached hydrogens (tertiary/aromatic N) is 6. The monoisotopic (exact) mass is 672 g/mol. The summed E-state index contributed by atoms with van der Waals surface area (Å²) in [7, 11) is 0. The van der Waals surface area contributed by atoms with E-state index in [0.29, 0.717) is 50.2 Å². The van der Waals surface area contributed by atoms with Gasteiger partial charge in [0.05, 0.1) is 45.7 Å². The fourth-order valence-electron chi connectivity index (χ4n) is 5.14.